The zero-order valence-electron chi connectivity index (χ0n) is 15.5. The van der Waals surface area contributed by atoms with Crippen molar-refractivity contribution in [2.24, 2.45) is 0 Å². The van der Waals surface area contributed by atoms with Gasteiger partial charge in [-0.1, -0.05) is 24.3 Å². The molecule has 6 nitrogen and oxygen atoms in total. The molecule has 4 rings (SSSR count). The summed E-state index contributed by atoms with van der Waals surface area (Å²) in [4.78, 5) is 8.32. The second kappa shape index (κ2) is 7.69. The molecule has 0 saturated heterocycles. The lowest BCUT2D eigenvalue weighted by Gasteiger charge is -2.29. The van der Waals surface area contributed by atoms with E-state index in [9.17, 15) is 8.42 Å². The highest BCUT2D eigenvalue weighted by Crippen LogP contribution is 2.36. The SMILES string of the molecule is CS(=O)(=O)N1CCCc2ccccc2C1c1ccnc(Oc2cccnc2)c1. The molecule has 3 heterocycles. The van der Waals surface area contributed by atoms with E-state index in [0.29, 0.717) is 18.2 Å². The van der Waals surface area contributed by atoms with Crippen LogP contribution in [-0.4, -0.2) is 35.5 Å². The van der Waals surface area contributed by atoms with Gasteiger partial charge >= 0.3 is 0 Å². The fraction of sp³-hybridized carbons (Fsp3) is 0.238. The van der Waals surface area contributed by atoms with Crippen LogP contribution in [0, 0.1) is 0 Å². The number of benzene rings is 1. The van der Waals surface area contributed by atoms with Crippen LogP contribution >= 0.6 is 0 Å². The monoisotopic (exact) mass is 395 g/mol. The lowest BCUT2D eigenvalue weighted by atomic mass is 9.94. The minimum absolute atomic E-state index is 0.403. The number of fused-ring (bicyclic) bond motifs is 1. The zero-order valence-corrected chi connectivity index (χ0v) is 16.3. The van der Waals surface area contributed by atoms with E-state index in [2.05, 4.69) is 16.0 Å². The second-order valence-corrected chi connectivity index (χ2v) is 8.73. The van der Waals surface area contributed by atoms with Gasteiger partial charge in [-0.05, 0) is 47.7 Å². The molecule has 0 spiro atoms. The van der Waals surface area contributed by atoms with E-state index in [1.807, 2.05) is 24.3 Å². The van der Waals surface area contributed by atoms with Crippen molar-refractivity contribution in [3.8, 4) is 11.6 Å². The molecule has 2 aromatic heterocycles. The van der Waals surface area contributed by atoms with Crippen molar-refractivity contribution < 1.29 is 13.2 Å². The van der Waals surface area contributed by atoms with E-state index in [-0.39, 0.29) is 0 Å². The van der Waals surface area contributed by atoms with E-state index >= 15 is 0 Å². The summed E-state index contributed by atoms with van der Waals surface area (Å²) in [5, 5.41) is 0. The number of aryl methyl sites for hydroxylation is 1. The molecular weight excluding hydrogens is 374 g/mol. The van der Waals surface area contributed by atoms with Crippen LogP contribution in [0.4, 0.5) is 0 Å². The van der Waals surface area contributed by atoms with Crippen molar-refractivity contribution in [2.75, 3.05) is 12.8 Å². The summed E-state index contributed by atoms with van der Waals surface area (Å²) in [7, 11) is -3.40. The molecule has 28 heavy (non-hydrogen) atoms. The number of hydrogen-bond acceptors (Lipinski definition) is 5. The Bertz CT molecular complexity index is 1070. The van der Waals surface area contributed by atoms with E-state index in [1.165, 1.54) is 11.8 Å². The molecule has 0 bridgehead atoms. The van der Waals surface area contributed by atoms with Crippen molar-refractivity contribution in [2.45, 2.75) is 18.9 Å². The summed E-state index contributed by atoms with van der Waals surface area (Å²) in [6.07, 6.45) is 7.83. The number of ether oxygens (including phenoxy) is 1. The van der Waals surface area contributed by atoms with Crippen molar-refractivity contribution in [3.63, 3.8) is 0 Å². The number of hydrogen-bond donors (Lipinski definition) is 0. The van der Waals surface area contributed by atoms with Crippen LogP contribution in [0.25, 0.3) is 0 Å². The Kier molecular flexibility index (Phi) is 5.11. The van der Waals surface area contributed by atoms with Gasteiger partial charge in [-0.3, -0.25) is 4.98 Å². The molecule has 0 fully saturated rings. The number of aromatic nitrogens is 2. The fourth-order valence-electron chi connectivity index (χ4n) is 3.62. The van der Waals surface area contributed by atoms with Gasteiger partial charge in [0, 0.05) is 25.0 Å². The second-order valence-electron chi connectivity index (χ2n) is 6.80. The maximum absolute atomic E-state index is 12.6. The van der Waals surface area contributed by atoms with Crippen LogP contribution in [0.5, 0.6) is 11.6 Å². The molecule has 0 amide bonds. The number of rotatable bonds is 4. The summed E-state index contributed by atoms with van der Waals surface area (Å²) in [5.74, 6) is 0.981. The molecule has 144 valence electrons. The number of sulfonamides is 1. The predicted octanol–water partition coefficient (Wildman–Crippen LogP) is 3.57. The average molecular weight is 395 g/mol. The quantitative estimate of drug-likeness (QED) is 0.675. The summed E-state index contributed by atoms with van der Waals surface area (Å²) < 4.78 is 32.5. The van der Waals surface area contributed by atoms with E-state index in [1.54, 1.807) is 41.1 Å². The van der Waals surface area contributed by atoms with Gasteiger partial charge in [-0.15, -0.1) is 0 Å². The molecular formula is C21H21N3O3S. The largest absolute Gasteiger partial charge is 0.437 e. The van der Waals surface area contributed by atoms with Crippen molar-refractivity contribution in [1.29, 1.82) is 0 Å². The third kappa shape index (κ3) is 3.90. The van der Waals surface area contributed by atoms with Gasteiger partial charge in [0.2, 0.25) is 15.9 Å². The molecule has 3 aromatic rings. The molecule has 0 radical (unpaired) electrons. The van der Waals surface area contributed by atoms with Crippen molar-refractivity contribution in [1.82, 2.24) is 14.3 Å². The Labute approximate surface area is 164 Å². The van der Waals surface area contributed by atoms with E-state index < -0.39 is 16.1 Å². The zero-order chi connectivity index (χ0) is 19.6. The molecule has 0 saturated carbocycles. The smallest absolute Gasteiger partial charge is 0.219 e. The van der Waals surface area contributed by atoms with Gasteiger partial charge in [-0.25, -0.2) is 13.4 Å². The first-order chi connectivity index (χ1) is 13.5. The summed E-state index contributed by atoms with van der Waals surface area (Å²) in [5.41, 5.74) is 3.00. The third-order valence-electron chi connectivity index (χ3n) is 4.82. The van der Waals surface area contributed by atoms with Gasteiger partial charge in [0.05, 0.1) is 18.5 Å². The first-order valence-electron chi connectivity index (χ1n) is 9.11. The molecule has 0 aliphatic carbocycles. The molecule has 1 aliphatic rings. The van der Waals surface area contributed by atoms with Gasteiger partial charge in [0.15, 0.2) is 0 Å². The van der Waals surface area contributed by atoms with E-state index in [4.69, 9.17) is 4.74 Å². The van der Waals surface area contributed by atoms with Crippen molar-refractivity contribution >= 4 is 10.0 Å². The maximum Gasteiger partial charge on any atom is 0.219 e. The fourth-order valence-corrected chi connectivity index (χ4v) is 4.70. The average Bonchev–Trinajstić information content (AvgIpc) is 2.89. The minimum atomic E-state index is -3.40. The minimum Gasteiger partial charge on any atom is -0.437 e. The van der Waals surface area contributed by atoms with Crippen LogP contribution in [-0.2, 0) is 16.4 Å². The van der Waals surface area contributed by atoms with Crippen LogP contribution in [0.15, 0.2) is 67.1 Å². The van der Waals surface area contributed by atoms with Crippen LogP contribution in [0.1, 0.15) is 29.2 Å². The number of nitrogens with zero attached hydrogens (tertiary/aromatic N) is 3. The van der Waals surface area contributed by atoms with Crippen LogP contribution in [0.2, 0.25) is 0 Å². The summed E-state index contributed by atoms with van der Waals surface area (Å²) in [6.45, 7) is 0.472. The predicted molar refractivity (Wildman–Crippen MR) is 107 cm³/mol. The lowest BCUT2D eigenvalue weighted by molar-refractivity contribution is 0.366. The molecule has 7 heteroatoms. The lowest BCUT2D eigenvalue weighted by Crippen LogP contribution is -2.34. The highest BCUT2D eigenvalue weighted by Gasteiger charge is 2.33. The maximum atomic E-state index is 12.6. The summed E-state index contributed by atoms with van der Waals surface area (Å²) in [6, 6.07) is 14.8. The van der Waals surface area contributed by atoms with Gasteiger partial charge in [0.1, 0.15) is 5.75 Å². The highest BCUT2D eigenvalue weighted by molar-refractivity contribution is 7.88. The first-order valence-corrected chi connectivity index (χ1v) is 11.0. The first kappa shape index (κ1) is 18.6. The Hall–Kier alpha value is -2.77. The van der Waals surface area contributed by atoms with Gasteiger partial charge in [0.25, 0.3) is 0 Å². The molecule has 1 aromatic carbocycles. The number of pyridine rings is 2. The molecule has 1 atom stereocenters. The normalized spacial score (nSPS) is 17.5. The summed E-state index contributed by atoms with van der Waals surface area (Å²) >= 11 is 0. The van der Waals surface area contributed by atoms with Crippen LogP contribution in [0.3, 0.4) is 0 Å². The Morgan fingerprint density at radius 3 is 2.75 bits per heavy atom. The highest BCUT2D eigenvalue weighted by atomic mass is 32.2. The molecule has 0 N–H and O–H groups in total. The Balaban J connectivity index is 1.79. The third-order valence-corrected chi connectivity index (χ3v) is 6.07. The Morgan fingerprint density at radius 2 is 1.96 bits per heavy atom. The van der Waals surface area contributed by atoms with Gasteiger partial charge < -0.3 is 4.74 Å². The topological polar surface area (TPSA) is 72.4 Å². The van der Waals surface area contributed by atoms with E-state index in [0.717, 1.165) is 24.0 Å². The Morgan fingerprint density at radius 1 is 1.11 bits per heavy atom. The van der Waals surface area contributed by atoms with Crippen molar-refractivity contribution in [3.05, 3.63) is 83.8 Å². The molecule has 1 aliphatic heterocycles. The molecule has 1 unspecified atom stereocenters. The standard InChI is InChI=1S/C21H21N3O3S/c1-28(25,26)24-13-5-7-16-6-2-3-9-19(16)21(24)17-10-12-23-20(14-17)27-18-8-4-11-22-15-18/h2-4,6,8-12,14-15,21H,5,7,13H2,1H3. The van der Waals surface area contributed by atoms with Crippen LogP contribution < -0.4 is 4.74 Å². The van der Waals surface area contributed by atoms with Gasteiger partial charge in [-0.2, -0.15) is 4.31 Å².